The summed E-state index contributed by atoms with van der Waals surface area (Å²) >= 11 is 0. The lowest BCUT2D eigenvalue weighted by molar-refractivity contribution is -0.117. The van der Waals surface area contributed by atoms with Gasteiger partial charge in [0.25, 0.3) is 0 Å². The molecule has 0 bridgehead atoms. The molecule has 1 N–H and O–H groups in total. The molecule has 1 saturated heterocycles. The molecule has 0 aliphatic carbocycles. The maximum atomic E-state index is 12.1. The Morgan fingerprint density at radius 3 is 2.80 bits per heavy atom. The van der Waals surface area contributed by atoms with Gasteiger partial charge in [-0.2, -0.15) is 0 Å². The Bertz CT molecular complexity index is 1130. The zero-order valence-corrected chi connectivity index (χ0v) is 17.3. The van der Waals surface area contributed by atoms with E-state index in [-0.39, 0.29) is 5.91 Å². The van der Waals surface area contributed by atoms with E-state index < -0.39 is 0 Å². The molecule has 1 amide bonds. The van der Waals surface area contributed by atoms with Crippen LogP contribution in [-0.2, 0) is 17.8 Å². The SMILES string of the molecule is COc1cc2c(cc1Nc1ncc3ccc(N4CCCC4=O)cc3n1)CN(C)CC2. The van der Waals surface area contributed by atoms with Crippen LogP contribution < -0.4 is 15.0 Å². The van der Waals surface area contributed by atoms with Crippen LogP contribution in [0.5, 0.6) is 5.75 Å². The molecule has 7 nitrogen and oxygen atoms in total. The van der Waals surface area contributed by atoms with Gasteiger partial charge < -0.3 is 19.9 Å². The number of aromatic nitrogens is 2. The van der Waals surface area contributed by atoms with Crippen molar-refractivity contribution < 1.29 is 9.53 Å². The molecule has 0 radical (unpaired) electrons. The van der Waals surface area contributed by atoms with Crippen LogP contribution in [0.2, 0.25) is 0 Å². The summed E-state index contributed by atoms with van der Waals surface area (Å²) in [7, 11) is 3.82. The number of ether oxygens (including phenoxy) is 1. The van der Waals surface area contributed by atoms with Crippen molar-refractivity contribution in [2.45, 2.75) is 25.8 Å². The molecule has 5 rings (SSSR count). The predicted molar refractivity (Wildman–Crippen MR) is 117 cm³/mol. The van der Waals surface area contributed by atoms with Crippen LogP contribution in [0.4, 0.5) is 17.3 Å². The summed E-state index contributed by atoms with van der Waals surface area (Å²) in [6.07, 6.45) is 4.34. The van der Waals surface area contributed by atoms with Crippen molar-refractivity contribution in [3.8, 4) is 5.75 Å². The minimum Gasteiger partial charge on any atom is -0.495 e. The number of hydrogen-bond acceptors (Lipinski definition) is 6. The number of anilines is 3. The molecule has 154 valence electrons. The Morgan fingerprint density at radius 1 is 1.10 bits per heavy atom. The quantitative estimate of drug-likeness (QED) is 0.719. The molecule has 0 saturated carbocycles. The second kappa shape index (κ2) is 7.57. The number of fused-ring (bicyclic) bond motifs is 2. The van der Waals surface area contributed by atoms with Crippen molar-refractivity contribution in [1.82, 2.24) is 14.9 Å². The van der Waals surface area contributed by atoms with Crippen molar-refractivity contribution in [3.63, 3.8) is 0 Å². The first-order valence-corrected chi connectivity index (χ1v) is 10.3. The molecule has 0 spiro atoms. The van der Waals surface area contributed by atoms with Crippen molar-refractivity contribution in [1.29, 1.82) is 0 Å². The van der Waals surface area contributed by atoms with Gasteiger partial charge in [0.15, 0.2) is 0 Å². The van der Waals surface area contributed by atoms with Crippen molar-refractivity contribution in [2.75, 3.05) is 37.5 Å². The molecule has 0 atom stereocenters. The lowest BCUT2D eigenvalue weighted by Crippen LogP contribution is -2.26. The maximum Gasteiger partial charge on any atom is 0.227 e. The van der Waals surface area contributed by atoms with Gasteiger partial charge in [-0.1, -0.05) is 0 Å². The van der Waals surface area contributed by atoms with Crippen LogP contribution in [0.25, 0.3) is 10.9 Å². The number of nitrogens with zero attached hydrogens (tertiary/aromatic N) is 4. The van der Waals surface area contributed by atoms with Gasteiger partial charge in [0.05, 0.1) is 18.3 Å². The smallest absolute Gasteiger partial charge is 0.227 e. The molecule has 0 unspecified atom stereocenters. The van der Waals surface area contributed by atoms with Gasteiger partial charge >= 0.3 is 0 Å². The summed E-state index contributed by atoms with van der Waals surface area (Å²) in [4.78, 5) is 25.4. The highest BCUT2D eigenvalue weighted by Gasteiger charge is 2.22. The summed E-state index contributed by atoms with van der Waals surface area (Å²) < 4.78 is 5.62. The lowest BCUT2D eigenvalue weighted by Gasteiger charge is -2.26. The van der Waals surface area contributed by atoms with E-state index in [1.807, 2.05) is 23.1 Å². The van der Waals surface area contributed by atoms with E-state index in [0.717, 1.165) is 60.5 Å². The Balaban J connectivity index is 1.47. The van der Waals surface area contributed by atoms with E-state index >= 15 is 0 Å². The Morgan fingerprint density at radius 2 is 2.00 bits per heavy atom. The van der Waals surface area contributed by atoms with E-state index in [2.05, 4.69) is 34.4 Å². The first-order valence-electron chi connectivity index (χ1n) is 10.3. The van der Waals surface area contributed by atoms with Gasteiger partial charge in [0.2, 0.25) is 11.9 Å². The van der Waals surface area contributed by atoms with Gasteiger partial charge in [0.1, 0.15) is 5.75 Å². The Labute approximate surface area is 175 Å². The Kier molecular flexibility index (Phi) is 4.75. The number of nitrogens with one attached hydrogen (secondary N) is 1. The number of rotatable bonds is 4. The number of carbonyl (C=O) groups is 1. The maximum absolute atomic E-state index is 12.1. The fourth-order valence-corrected chi connectivity index (χ4v) is 4.28. The first kappa shape index (κ1) is 18.8. The first-order chi connectivity index (χ1) is 14.6. The second-order valence-electron chi connectivity index (χ2n) is 8.02. The van der Waals surface area contributed by atoms with Gasteiger partial charge in [-0.05, 0) is 61.3 Å². The molecular weight excluding hydrogens is 378 g/mol. The molecule has 30 heavy (non-hydrogen) atoms. The summed E-state index contributed by atoms with van der Waals surface area (Å²) in [6, 6.07) is 10.1. The predicted octanol–water partition coefficient (Wildman–Crippen LogP) is 3.50. The zero-order valence-electron chi connectivity index (χ0n) is 17.3. The van der Waals surface area contributed by atoms with Gasteiger partial charge in [-0.15, -0.1) is 0 Å². The minimum atomic E-state index is 0.172. The largest absolute Gasteiger partial charge is 0.495 e. The number of likely N-dealkylation sites (N-methyl/N-ethyl adjacent to an activating group) is 1. The minimum absolute atomic E-state index is 0.172. The highest BCUT2D eigenvalue weighted by Crippen LogP contribution is 2.33. The third-order valence-electron chi connectivity index (χ3n) is 5.92. The van der Waals surface area contributed by atoms with Gasteiger partial charge in [0, 0.05) is 43.3 Å². The van der Waals surface area contributed by atoms with E-state index in [9.17, 15) is 4.79 Å². The molecule has 1 aromatic heterocycles. The zero-order chi connectivity index (χ0) is 20.7. The molecule has 1 fully saturated rings. The van der Waals surface area contributed by atoms with Crippen LogP contribution in [0.15, 0.2) is 36.5 Å². The summed E-state index contributed by atoms with van der Waals surface area (Å²) in [5, 5.41) is 4.27. The third-order valence-corrected chi connectivity index (χ3v) is 5.92. The number of hydrogen-bond donors (Lipinski definition) is 1. The molecule has 3 heterocycles. The second-order valence-corrected chi connectivity index (χ2v) is 8.02. The topological polar surface area (TPSA) is 70.6 Å². The summed E-state index contributed by atoms with van der Waals surface area (Å²) in [5.74, 6) is 1.47. The highest BCUT2D eigenvalue weighted by molar-refractivity contribution is 5.97. The third kappa shape index (κ3) is 3.45. The van der Waals surface area contributed by atoms with Crippen LogP contribution in [0.1, 0.15) is 24.0 Å². The Hall–Kier alpha value is -3.19. The highest BCUT2D eigenvalue weighted by atomic mass is 16.5. The van der Waals surface area contributed by atoms with Crippen LogP contribution in [0, 0.1) is 0 Å². The average Bonchev–Trinajstić information content (AvgIpc) is 3.18. The normalized spacial score (nSPS) is 16.7. The van der Waals surface area contributed by atoms with E-state index in [0.29, 0.717) is 12.4 Å². The van der Waals surface area contributed by atoms with Gasteiger partial charge in [-0.25, -0.2) is 9.97 Å². The van der Waals surface area contributed by atoms with Crippen LogP contribution >= 0.6 is 0 Å². The average molecular weight is 403 g/mol. The number of methoxy groups -OCH3 is 1. The van der Waals surface area contributed by atoms with E-state index in [1.54, 1.807) is 13.3 Å². The van der Waals surface area contributed by atoms with Gasteiger partial charge in [-0.3, -0.25) is 4.79 Å². The van der Waals surface area contributed by atoms with Crippen LogP contribution in [0.3, 0.4) is 0 Å². The van der Waals surface area contributed by atoms with E-state index in [4.69, 9.17) is 9.72 Å². The number of benzene rings is 2. The summed E-state index contributed by atoms with van der Waals surface area (Å²) in [5.41, 5.74) is 5.18. The van der Waals surface area contributed by atoms with Crippen molar-refractivity contribution in [2.24, 2.45) is 0 Å². The summed E-state index contributed by atoms with van der Waals surface area (Å²) in [6.45, 7) is 2.74. The molecule has 7 heteroatoms. The van der Waals surface area contributed by atoms with Crippen molar-refractivity contribution in [3.05, 3.63) is 47.7 Å². The number of carbonyl (C=O) groups excluding carboxylic acids is 1. The molecule has 2 aliphatic rings. The lowest BCUT2D eigenvalue weighted by atomic mass is 9.99. The molecule has 2 aliphatic heterocycles. The van der Waals surface area contributed by atoms with E-state index in [1.165, 1.54) is 11.1 Å². The molecule has 3 aromatic rings. The molecular formula is C23H25N5O2. The number of amides is 1. The molecule has 2 aromatic carbocycles. The van der Waals surface area contributed by atoms with Crippen LogP contribution in [-0.4, -0.2) is 48.0 Å². The van der Waals surface area contributed by atoms with Crippen molar-refractivity contribution >= 4 is 34.1 Å². The fourth-order valence-electron chi connectivity index (χ4n) is 4.28. The monoisotopic (exact) mass is 403 g/mol. The fraction of sp³-hybridized carbons (Fsp3) is 0.348. The standard InChI is InChI=1S/C23H25N5O2/c1-27-9-7-15-11-21(30-2)20(10-17(15)14-27)26-23-24-13-16-5-6-18(12-19(16)25-23)28-8-3-4-22(28)29/h5-6,10-13H,3-4,7-9,14H2,1-2H3,(H,24,25,26).